The van der Waals surface area contributed by atoms with Gasteiger partial charge in [0.15, 0.2) is 17.3 Å². The molecule has 1 amide bonds. The van der Waals surface area contributed by atoms with Gasteiger partial charge >= 0.3 is 0 Å². The van der Waals surface area contributed by atoms with Gasteiger partial charge in [-0.3, -0.25) is 9.59 Å². The van der Waals surface area contributed by atoms with Crippen molar-refractivity contribution in [3.8, 4) is 11.5 Å². The molecule has 3 heterocycles. The van der Waals surface area contributed by atoms with Crippen LogP contribution in [-0.4, -0.2) is 75.4 Å². The summed E-state index contributed by atoms with van der Waals surface area (Å²) in [5.74, 6) is -0.482. The summed E-state index contributed by atoms with van der Waals surface area (Å²) in [6.45, 7) is 15.8. The zero-order chi connectivity index (χ0) is 29.7. The fourth-order valence-electron chi connectivity index (χ4n) is 5.43. The van der Waals surface area contributed by atoms with E-state index >= 15 is 0 Å². The zero-order valence-corrected chi connectivity index (χ0v) is 25.1. The Labute approximate surface area is 242 Å². The highest BCUT2D eigenvalue weighted by atomic mass is 16.5. The molecule has 0 radical (unpaired) electrons. The van der Waals surface area contributed by atoms with E-state index in [1.165, 1.54) is 0 Å². The van der Waals surface area contributed by atoms with E-state index in [1.807, 2.05) is 68.6 Å². The van der Waals surface area contributed by atoms with Gasteiger partial charge in [-0.15, -0.1) is 0 Å². The minimum absolute atomic E-state index is 0.0340. The van der Waals surface area contributed by atoms with E-state index in [4.69, 9.17) is 14.5 Å². The minimum Gasteiger partial charge on any atom is -0.505 e. The summed E-state index contributed by atoms with van der Waals surface area (Å²) in [5, 5.41) is 11.7. The predicted molar refractivity (Wildman–Crippen MR) is 159 cm³/mol. The Kier molecular flexibility index (Phi) is 9.70. The van der Waals surface area contributed by atoms with Crippen LogP contribution in [0, 0.1) is 13.8 Å². The number of ketones is 1. The van der Waals surface area contributed by atoms with Crippen molar-refractivity contribution in [1.29, 1.82) is 0 Å². The topological polar surface area (TPSA) is 96.6 Å². The third-order valence-corrected chi connectivity index (χ3v) is 7.66. The van der Waals surface area contributed by atoms with Crippen LogP contribution in [-0.2, 0) is 9.59 Å². The number of pyridine rings is 1. The van der Waals surface area contributed by atoms with Gasteiger partial charge in [-0.25, -0.2) is 4.98 Å². The Hall–Kier alpha value is -3.85. The molecule has 0 aliphatic carbocycles. The zero-order valence-electron chi connectivity index (χ0n) is 25.1. The lowest BCUT2D eigenvalue weighted by Crippen LogP contribution is -2.33. The van der Waals surface area contributed by atoms with Gasteiger partial charge in [0, 0.05) is 12.7 Å². The lowest BCUT2D eigenvalue weighted by Gasteiger charge is -2.27. The standard InChI is InChI=1S/C32H42N4O5/c1-7-19-41-24-15-14-23(20-25(24)40-10-4)28-26(30(38)32(39)36(28)18-12-16-34(8-2)9-3)29(37)27-22(6)35-17-11-13-21(5)31(35)33-27/h11,13-15,17,20,28,37H,7-10,12,16,18-19H2,1-6H3/b29-26+. The molecule has 1 atom stereocenters. The number of hydrogen-bond donors (Lipinski definition) is 1. The number of carbonyl (C=O) groups excluding carboxylic acids is 2. The van der Waals surface area contributed by atoms with Crippen LogP contribution in [0.1, 0.15) is 69.1 Å². The van der Waals surface area contributed by atoms with Gasteiger partial charge in [0.1, 0.15) is 11.3 Å². The van der Waals surface area contributed by atoms with Crippen molar-refractivity contribution in [3.05, 3.63) is 64.6 Å². The molecule has 1 aromatic carbocycles. The van der Waals surface area contributed by atoms with E-state index in [9.17, 15) is 14.7 Å². The molecule has 1 aliphatic rings. The molecule has 1 aliphatic heterocycles. The number of aliphatic hydroxyl groups is 1. The second-order valence-electron chi connectivity index (χ2n) is 10.3. The number of Topliss-reactive ketones (excluding diaryl/α,β-unsaturated/α-hetero) is 1. The number of aryl methyl sites for hydroxylation is 2. The van der Waals surface area contributed by atoms with Gasteiger partial charge in [-0.05, 0) is 82.6 Å². The van der Waals surface area contributed by atoms with Crippen molar-refractivity contribution in [2.75, 3.05) is 39.4 Å². The number of ether oxygens (including phenoxy) is 2. The number of likely N-dealkylation sites (tertiary alicyclic amines) is 1. The number of rotatable bonds is 13. The summed E-state index contributed by atoms with van der Waals surface area (Å²) in [4.78, 5) is 35.7. The summed E-state index contributed by atoms with van der Waals surface area (Å²) >= 11 is 0. The first-order valence-electron chi connectivity index (χ1n) is 14.6. The van der Waals surface area contributed by atoms with E-state index in [1.54, 1.807) is 4.90 Å². The van der Waals surface area contributed by atoms with Crippen molar-refractivity contribution in [2.24, 2.45) is 0 Å². The molecular formula is C32H42N4O5. The van der Waals surface area contributed by atoms with Crippen molar-refractivity contribution < 1.29 is 24.2 Å². The maximum Gasteiger partial charge on any atom is 0.295 e. The molecule has 4 rings (SSSR count). The summed E-state index contributed by atoms with van der Waals surface area (Å²) in [6, 6.07) is 8.53. The van der Waals surface area contributed by atoms with E-state index in [0.29, 0.717) is 60.3 Å². The van der Waals surface area contributed by atoms with Crippen molar-refractivity contribution in [1.82, 2.24) is 19.2 Å². The Morgan fingerprint density at radius 1 is 1.05 bits per heavy atom. The number of nitrogens with zero attached hydrogens (tertiary/aromatic N) is 4. The molecule has 41 heavy (non-hydrogen) atoms. The summed E-state index contributed by atoms with van der Waals surface area (Å²) in [5.41, 5.74) is 3.30. The van der Waals surface area contributed by atoms with Crippen molar-refractivity contribution >= 4 is 23.1 Å². The number of benzene rings is 1. The molecule has 3 aromatic rings. The number of aromatic nitrogens is 2. The smallest absolute Gasteiger partial charge is 0.295 e. The first kappa shape index (κ1) is 30.1. The molecular weight excluding hydrogens is 520 g/mol. The lowest BCUT2D eigenvalue weighted by atomic mass is 9.96. The second-order valence-corrected chi connectivity index (χ2v) is 10.3. The molecule has 9 heteroatoms. The second kappa shape index (κ2) is 13.2. The summed E-state index contributed by atoms with van der Waals surface area (Å²) in [6.07, 6.45) is 3.40. The van der Waals surface area contributed by atoms with E-state index in [0.717, 1.165) is 31.6 Å². The molecule has 9 nitrogen and oxygen atoms in total. The molecule has 0 spiro atoms. The van der Waals surface area contributed by atoms with Crippen molar-refractivity contribution in [2.45, 2.75) is 60.4 Å². The lowest BCUT2D eigenvalue weighted by molar-refractivity contribution is -0.140. The van der Waals surface area contributed by atoms with Gasteiger partial charge in [-0.1, -0.05) is 32.9 Å². The Bertz CT molecular complexity index is 1440. The number of aliphatic hydroxyl groups excluding tert-OH is 1. The molecule has 0 bridgehead atoms. The van der Waals surface area contributed by atoms with E-state index in [-0.39, 0.29) is 11.3 Å². The third-order valence-electron chi connectivity index (χ3n) is 7.66. The molecule has 1 saturated heterocycles. The van der Waals surface area contributed by atoms with Gasteiger partial charge in [-0.2, -0.15) is 0 Å². The maximum atomic E-state index is 13.6. The Morgan fingerprint density at radius 3 is 2.46 bits per heavy atom. The Balaban J connectivity index is 1.85. The SMILES string of the molecule is CCCOc1ccc(C2/C(=C(\O)c3nc4c(C)cccn4c3C)C(=O)C(=O)N2CCCN(CC)CC)cc1OCC. The first-order chi connectivity index (χ1) is 19.8. The summed E-state index contributed by atoms with van der Waals surface area (Å²) < 4.78 is 13.7. The molecule has 2 aromatic heterocycles. The highest BCUT2D eigenvalue weighted by Gasteiger charge is 2.46. The minimum atomic E-state index is -0.795. The first-order valence-corrected chi connectivity index (χ1v) is 14.6. The summed E-state index contributed by atoms with van der Waals surface area (Å²) in [7, 11) is 0. The number of hydrogen-bond acceptors (Lipinski definition) is 7. The number of amides is 1. The van der Waals surface area contributed by atoms with Gasteiger partial charge in [0.2, 0.25) is 0 Å². The van der Waals surface area contributed by atoms with E-state index < -0.39 is 17.7 Å². The fourth-order valence-corrected chi connectivity index (χ4v) is 5.43. The van der Waals surface area contributed by atoms with Crippen LogP contribution in [0.4, 0.5) is 0 Å². The fraction of sp³-hybridized carbons (Fsp3) is 0.469. The van der Waals surface area contributed by atoms with Crippen LogP contribution in [0.5, 0.6) is 11.5 Å². The molecule has 1 fully saturated rings. The largest absolute Gasteiger partial charge is 0.505 e. The van der Waals surface area contributed by atoms with Gasteiger partial charge in [0.25, 0.3) is 11.7 Å². The van der Waals surface area contributed by atoms with Gasteiger partial charge < -0.3 is 28.8 Å². The van der Waals surface area contributed by atoms with Crippen LogP contribution >= 0.6 is 0 Å². The molecule has 220 valence electrons. The van der Waals surface area contributed by atoms with Crippen LogP contribution in [0.25, 0.3) is 11.4 Å². The van der Waals surface area contributed by atoms with Crippen LogP contribution in [0.15, 0.2) is 42.1 Å². The Morgan fingerprint density at radius 2 is 1.80 bits per heavy atom. The maximum absolute atomic E-state index is 13.6. The normalized spacial score (nSPS) is 16.8. The highest BCUT2D eigenvalue weighted by molar-refractivity contribution is 6.46. The molecule has 0 saturated carbocycles. The van der Waals surface area contributed by atoms with Gasteiger partial charge in [0.05, 0.1) is 30.5 Å². The number of imidazole rings is 1. The monoisotopic (exact) mass is 562 g/mol. The third kappa shape index (κ3) is 5.95. The average molecular weight is 563 g/mol. The molecule has 1 unspecified atom stereocenters. The quantitative estimate of drug-likeness (QED) is 0.172. The number of carbonyl (C=O) groups is 2. The number of fused-ring (bicyclic) bond motifs is 1. The predicted octanol–water partition coefficient (Wildman–Crippen LogP) is 5.29. The molecule has 1 N–H and O–H groups in total. The average Bonchev–Trinajstić information content (AvgIpc) is 3.44. The van der Waals surface area contributed by atoms with Crippen LogP contribution < -0.4 is 9.47 Å². The van der Waals surface area contributed by atoms with Crippen LogP contribution in [0.3, 0.4) is 0 Å². The van der Waals surface area contributed by atoms with Crippen molar-refractivity contribution in [3.63, 3.8) is 0 Å². The van der Waals surface area contributed by atoms with Crippen LogP contribution in [0.2, 0.25) is 0 Å². The highest BCUT2D eigenvalue weighted by Crippen LogP contribution is 2.42. The van der Waals surface area contributed by atoms with E-state index in [2.05, 4.69) is 18.7 Å².